The van der Waals surface area contributed by atoms with Crippen LogP contribution in [0.4, 0.5) is 0 Å². The third kappa shape index (κ3) is 113. The predicted molar refractivity (Wildman–Crippen MR) is 14.5 cm³/mol. The molecule has 0 bridgehead atoms. The SMILES string of the molecule is O.O.O.O.[Fe].[Mn].[Ni]. The molecule has 0 aliphatic rings. The van der Waals surface area contributed by atoms with Gasteiger partial charge in [0.05, 0.1) is 0 Å². The largest absolute Gasteiger partial charge is 0.412 e. The Bertz CT molecular complexity index is 11.7. The van der Waals surface area contributed by atoms with E-state index in [0.717, 1.165) is 0 Å². The van der Waals surface area contributed by atoms with Gasteiger partial charge < -0.3 is 21.9 Å². The monoisotopic (exact) mass is 241 g/mol. The first kappa shape index (κ1) is 242. The van der Waals surface area contributed by atoms with Crippen LogP contribution in [0.2, 0.25) is 0 Å². The zero-order valence-electron chi connectivity index (χ0n) is 3.05. The molecule has 0 aliphatic carbocycles. The molecule has 0 saturated carbocycles. The molecular weight excluding hydrogens is 233 g/mol. The maximum absolute atomic E-state index is 0. The van der Waals surface area contributed by atoms with Gasteiger partial charge in [0.25, 0.3) is 0 Å². The van der Waals surface area contributed by atoms with Crippen molar-refractivity contribution >= 4 is 0 Å². The van der Waals surface area contributed by atoms with Crippen LogP contribution in [0.5, 0.6) is 0 Å². The molecule has 8 N–H and O–H groups in total. The summed E-state index contributed by atoms with van der Waals surface area (Å²) in [6.45, 7) is 0. The van der Waals surface area contributed by atoms with Gasteiger partial charge in [-0.05, 0) is 0 Å². The first-order valence-corrected chi connectivity index (χ1v) is 0. The summed E-state index contributed by atoms with van der Waals surface area (Å²) in [7, 11) is 0. The predicted octanol–water partition coefficient (Wildman–Crippen LogP) is -3.31. The summed E-state index contributed by atoms with van der Waals surface area (Å²) in [6.07, 6.45) is 0. The van der Waals surface area contributed by atoms with Crippen molar-refractivity contribution in [1.82, 2.24) is 0 Å². The number of hydrogen-bond acceptors (Lipinski definition) is 0. The number of rotatable bonds is 0. The zero-order valence-corrected chi connectivity index (χ0v) is 6.32. The van der Waals surface area contributed by atoms with Gasteiger partial charge in [-0.1, -0.05) is 0 Å². The summed E-state index contributed by atoms with van der Waals surface area (Å²) in [6, 6.07) is 0. The fraction of sp³-hybridized carbons (Fsp3) is 0. The van der Waals surface area contributed by atoms with E-state index in [2.05, 4.69) is 0 Å². The second-order valence-electron chi connectivity index (χ2n) is 0. The van der Waals surface area contributed by atoms with E-state index in [0.29, 0.717) is 0 Å². The minimum atomic E-state index is 0. The van der Waals surface area contributed by atoms with Gasteiger partial charge >= 0.3 is 0 Å². The molecule has 0 saturated heterocycles. The Morgan fingerprint density at radius 1 is 0.571 bits per heavy atom. The second kappa shape index (κ2) is 159. The Morgan fingerprint density at radius 2 is 0.571 bits per heavy atom. The summed E-state index contributed by atoms with van der Waals surface area (Å²) >= 11 is 0. The van der Waals surface area contributed by atoms with Crippen LogP contribution in [0.1, 0.15) is 0 Å². The molecule has 0 amide bonds. The molecule has 0 fully saturated rings. The first-order chi connectivity index (χ1) is 0. The van der Waals surface area contributed by atoms with E-state index in [4.69, 9.17) is 0 Å². The van der Waals surface area contributed by atoms with Gasteiger partial charge in [0.15, 0.2) is 0 Å². The van der Waals surface area contributed by atoms with Crippen LogP contribution >= 0.6 is 0 Å². The van der Waals surface area contributed by atoms with Crippen molar-refractivity contribution in [3.8, 4) is 0 Å². The van der Waals surface area contributed by atoms with Gasteiger partial charge in [-0.25, -0.2) is 0 Å². The van der Waals surface area contributed by atoms with Crippen molar-refractivity contribution < 1.29 is 72.5 Å². The summed E-state index contributed by atoms with van der Waals surface area (Å²) in [4.78, 5) is 0. The van der Waals surface area contributed by atoms with Gasteiger partial charge in [0, 0.05) is 50.6 Å². The molecule has 57 valence electrons. The molecule has 0 unspecified atom stereocenters. The second-order valence-corrected chi connectivity index (χ2v) is 0. The summed E-state index contributed by atoms with van der Waals surface area (Å²) in [5.41, 5.74) is 0. The molecule has 4 nitrogen and oxygen atoms in total. The Labute approximate surface area is 72.5 Å². The summed E-state index contributed by atoms with van der Waals surface area (Å²) in [5, 5.41) is 0. The quantitative estimate of drug-likeness (QED) is 0.394. The molecular formula is H8FeMnNiO4. The molecule has 0 aliphatic heterocycles. The topological polar surface area (TPSA) is 126 Å². The zero-order chi connectivity index (χ0) is 0. The van der Waals surface area contributed by atoms with E-state index < -0.39 is 0 Å². The Hall–Kier alpha value is 1.37. The van der Waals surface area contributed by atoms with Crippen LogP contribution in [-0.4, -0.2) is 21.9 Å². The van der Waals surface area contributed by atoms with Crippen molar-refractivity contribution in [3.63, 3.8) is 0 Å². The van der Waals surface area contributed by atoms with E-state index in [1.54, 1.807) is 0 Å². The molecule has 0 aromatic rings. The van der Waals surface area contributed by atoms with E-state index in [1.165, 1.54) is 0 Å². The van der Waals surface area contributed by atoms with Crippen LogP contribution in [0, 0.1) is 0 Å². The minimum absolute atomic E-state index is 0. The number of hydrogen-bond donors (Lipinski definition) is 0. The maximum atomic E-state index is 0. The van der Waals surface area contributed by atoms with Crippen molar-refractivity contribution in [1.29, 1.82) is 0 Å². The molecule has 0 rings (SSSR count). The average Bonchev–Trinajstić information content (AvgIpc) is 0. The average molecular weight is 242 g/mol. The van der Waals surface area contributed by atoms with E-state index in [-0.39, 0.29) is 72.5 Å². The van der Waals surface area contributed by atoms with Crippen LogP contribution in [0.3, 0.4) is 0 Å². The Balaban J connectivity index is 0. The molecule has 7 heavy (non-hydrogen) atoms. The van der Waals surface area contributed by atoms with E-state index in [1.807, 2.05) is 0 Å². The van der Waals surface area contributed by atoms with E-state index >= 15 is 0 Å². The molecule has 1 radical (unpaired) electrons. The maximum Gasteiger partial charge on any atom is 0 e. The smallest absolute Gasteiger partial charge is 0 e. The van der Waals surface area contributed by atoms with Crippen LogP contribution < -0.4 is 0 Å². The van der Waals surface area contributed by atoms with Gasteiger partial charge in [0.1, 0.15) is 0 Å². The molecule has 0 heterocycles. The fourth-order valence-corrected chi connectivity index (χ4v) is 0. The molecule has 0 aromatic carbocycles. The van der Waals surface area contributed by atoms with Crippen molar-refractivity contribution in [2.45, 2.75) is 0 Å². The Kier molecular flexibility index (Phi) is 5490. The van der Waals surface area contributed by atoms with Crippen LogP contribution in [-0.2, 0) is 50.6 Å². The van der Waals surface area contributed by atoms with Crippen molar-refractivity contribution in [2.75, 3.05) is 0 Å². The molecule has 0 spiro atoms. The molecule has 7 heteroatoms. The normalized spacial score (nSPS) is 0. The summed E-state index contributed by atoms with van der Waals surface area (Å²) < 4.78 is 0. The van der Waals surface area contributed by atoms with Crippen LogP contribution in [0.25, 0.3) is 0 Å². The third-order valence-electron chi connectivity index (χ3n) is 0. The molecule has 0 atom stereocenters. The van der Waals surface area contributed by atoms with Crippen LogP contribution in [0.15, 0.2) is 0 Å². The first-order valence-electron chi connectivity index (χ1n) is 0. The summed E-state index contributed by atoms with van der Waals surface area (Å²) in [5.74, 6) is 0. The van der Waals surface area contributed by atoms with Gasteiger partial charge in [-0.2, -0.15) is 0 Å². The fourth-order valence-electron chi connectivity index (χ4n) is 0. The minimum Gasteiger partial charge on any atom is -0.412 e. The molecule has 0 aromatic heterocycles. The van der Waals surface area contributed by atoms with E-state index in [9.17, 15) is 0 Å². The Morgan fingerprint density at radius 3 is 0.571 bits per heavy atom. The third-order valence-corrected chi connectivity index (χ3v) is 0. The van der Waals surface area contributed by atoms with Crippen molar-refractivity contribution in [2.24, 2.45) is 0 Å². The van der Waals surface area contributed by atoms with Gasteiger partial charge in [-0.3, -0.25) is 0 Å². The van der Waals surface area contributed by atoms with Crippen molar-refractivity contribution in [3.05, 3.63) is 0 Å². The van der Waals surface area contributed by atoms with Gasteiger partial charge in [-0.15, -0.1) is 0 Å². The van der Waals surface area contributed by atoms with Gasteiger partial charge in [0.2, 0.25) is 0 Å². The standard InChI is InChI=1S/Fe.Mn.Ni.4H2O/h;;;4*1H2.